The van der Waals surface area contributed by atoms with E-state index in [0.29, 0.717) is 17.7 Å². The largest absolute Gasteiger partial charge is 0.443 e. The molecule has 0 radical (unpaired) electrons. The van der Waals surface area contributed by atoms with Gasteiger partial charge < -0.3 is 14.6 Å². The van der Waals surface area contributed by atoms with Crippen LogP contribution >= 0.6 is 35.7 Å². The summed E-state index contributed by atoms with van der Waals surface area (Å²) in [5, 5.41) is 4.10. The average Bonchev–Trinajstić information content (AvgIpc) is 3.00. The highest BCUT2D eigenvalue weighted by Crippen LogP contribution is 2.23. The number of nitrogens with zero attached hydrogens (tertiary/aromatic N) is 3. The van der Waals surface area contributed by atoms with Crippen molar-refractivity contribution in [2.24, 2.45) is 4.99 Å². The molecule has 0 aromatic carbocycles. The van der Waals surface area contributed by atoms with Crippen molar-refractivity contribution in [1.29, 1.82) is 0 Å². The first kappa shape index (κ1) is 21.6. The van der Waals surface area contributed by atoms with E-state index in [1.807, 2.05) is 6.20 Å². The Morgan fingerprint density at radius 1 is 1.46 bits per heavy atom. The molecular weight excluding hydrogens is 435 g/mol. The van der Waals surface area contributed by atoms with Crippen LogP contribution in [0.15, 0.2) is 15.6 Å². The van der Waals surface area contributed by atoms with Crippen LogP contribution in [-0.2, 0) is 12.0 Å². The van der Waals surface area contributed by atoms with Gasteiger partial charge in [0, 0.05) is 36.1 Å². The van der Waals surface area contributed by atoms with Crippen LogP contribution in [0.2, 0.25) is 0 Å². The lowest BCUT2D eigenvalue weighted by atomic mass is 9.94. The summed E-state index contributed by atoms with van der Waals surface area (Å²) < 4.78 is 5.84. The number of rotatable bonds is 4. The lowest BCUT2D eigenvalue weighted by Gasteiger charge is -2.34. The topological polar surface area (TPSA) is 53.7 Å². The van der Waals surface area contributed by atoms with Crippen molar-refractivity contribution in [1.82, 2.24) is 15.2 Å². The molecule has 2 rings (SSSR count). The summed E-state index contributed by atoms with van der Waals surface area (Å²) in [6.45, 7) is 14.2. The Kier molecular flexibility index (Phi) is 8.90. The van der Waals surface area contributed by atoms with E-state index in [1.54, 1.807) is 0 Å². The highest BCUT2D eigenvalue weighted by Gasteiger charge is 2.22. The number of aliphatic imine (C=N–C) groups is 1. The number of halogens is 1. The van der Waals surface area contributed by atoms with Gasteiger partial charge in [-0.3, -0.25) is 0 Å². The number of nitrogens with one attached hydrogen (secondary N) is 1. The van der Waals surface area contributed by atoms with Gasteiger partial charge >= 0.3 is 0 Å². The summed E-state index contributed by atoms with van der Waals surface area (Å²) in [5.41, 5.74) is -0.0160. The van der Waals surface area contributed by atoms with E-state index < -0.39 is 0 Å². The molecule has 138 valence electrons. The van der Waals surface area contributed by atoms with Gasteiger partial charge in [-0.05, 0) is 13.3 Å². The zero-order chi connectivity index (χ0) is 16.9. The minimum atomic E-state index is -0.0160. The molecule has 24 heavy (non-hydrogen) atoms. The van der Waals surface area contributed by atoms with Gasteiger partial charge in [-0.2, -0.15) is 11.8 Å². The van der Waals surface area contributed by atoms with Gasteiger partial charge in [0.15, 0.2) is 5.96 Å². The van der Waals surface area contributed by atoms with Gasteiger partial charge in [0.05, 0.1) is 6.20 Å². The molecule has 1 aromatic heterocycles. The predicted molar refractivity (Wildman–Crippen MR) is 114 cm³/mol. The van der Waals surface area contributed by atoms with E-state index in [4.69, 9.17) is 9.41 Å². The molecule has 5 nitrogen and oxygen atoms in total. The van der Waals surface area contributed by atoms with Crippen LogP contribution in [0.4, 0.5) is 0 Å². The minimum Gasteiger partial charge on any atom is -0.443 e. The molecule has 1 N–H and O–H groups in total. The van der Waals surface area contributed by atoms with Gasteiger partial charge in [-0.15, -0.1) is 24.0 Å². The zero-order valence-corrected chi connectivity index (χ0v) is 18.6. The maximum Gasteiger partial charge on any atom is 0.216 e. The fourth-order valence-corrected chi connectivity index (χ4v) is 3.64. The number of aromatic nitrogens is 1. The van der Waals surface area contributed by atoms with Crippen LogP contribution in [0, 0.1) is 0 Å². The summed E-state index contributed by atoms with van der Waals surface area (Å²) in [6, 6.07) is 0. The van der Waals surface area contributed by atoms with Gasteiger partial charge in [-0.1, -0.05) is 27.7 Å². The molecule has 1 aliphatic rings. The molecular formula is C17H31IN4OS. The summed E-state index contributed by atoms with van der Waals surface area (Å²) >= 11 is 2.07. The normalized spacial score (nSPS) is 19.1. The van der Waals surface area contributed by atoms with Crippen molar-refractivity contribution in [3.05, 3.63) is 17.8 Å². The Morgan fingerprint density at radius 2 is 2.21 bits per heavy atom. The molecule has 1 atom stereocenters. The van der Waals surface area contributed by atoms with Crippen molar-refractivity contribution in [2.45, 2.75) is 58.2 Å². The molecule has 0 bridgehead atoms. The first-order valence-corrected chi connectivity index (χ1v) is 9.59. The molecule has 1 aromatic rings. The number of thioether (sulfide) groups is 1. The maximum absolute atomic E-state index is 5.84. The van der Waals surface area contributed by atoms with Crippen LogP contribution in [0.25, 0.3) is 0 Å². The van der Waals surface area contributed by atoms with E-state index in [9.17, 15) is 0 Å². The third kappa shape index (κ3) is 6.13. The van der Waals surface area contributed by atoms with Crippen molar-refractivity contribution in [3.63, 3.8) is 0 Å². The van der Waals surface area contributed by atoms with Crippen LogP contribution < -0.4 is 5.32 Å². The van der Waals surface area contributed by atoms with Crippen molar-refractivity contribution in [2.75, 3.05) is 25.4 Å². The molecule has 1 aliphatic heterocycles. The average molecular weight is 466 g/mol. The summed E-state index contributed by atoms with van der Waals surface area (Å²) in [5.74, 6) is 3.73. The molecule has 1 saturated heterocycles. The standard InChI is InChI=1S/C17H30N4OS.HI/c1-6-13-12-21(8-9-23-13)16(18-7-2)20-11-15-19-10-14(22-15)17(3,4)5;/h10,13H,6-9,11-12H2,1-5H3,(H,18,20);1H. The second-order valence-electron chi connectivity index (χ2n) is 6.89. The Labute approximate surface area is 167 Å². The first-order valence-electron chi connectivity index (χ1n) is 8.54. The fourth-order valence-electron chi connectivity index (χ4n) is 2.46. The fraction of sp³-hybridized carbons (Fsp3) is 0.765. The lowest BCUT2D eigenvalue weighted by Crippen LogP contribution is -2.48. The predicted octanol–water partition coefficient (Wildman–Crippen LogP) is 3.88. The zero-order valence-electron chi connectivity index (χ0n) is 15.5. The van der Waals surface area contributed by atoms with E-state index in [1.165, 1.54) is 6.42 Å². The van der Waals surface area contributed by atoms with Crippen LogP contribution in [0.1, 0.15) is 52.7 Å². The lowest BCUT2D eigenvalue weighted by molar-refractivity contribution is 0.379. The van der Waals surface area contributed by atoms with Crippen LogP contribution in [-0.4, -0.2) is 46.5 Å². The van der Waals surface area contributed by atoms with E-state index in [2.05, 4.69) is 61.6 Å². The molecule has 7 heteroatoms. The second-order valence-corrected chi connectivity index (χ2v) is 8.29. The van der Waals surface area contributed by atoms with Crippen LogP contribution in [0.5, 0.6) is 0 Å². The minimum absolute atomic E-state index is 0. The number of hydrogen-bond acceptors (Lipinski definition) is 4. The quantitative estimate of drug-likeness (QED) is 0.415. The Hall–Kier alpha value is -0.440. The number of oxazole rings is 1. The first-order chi connectivity index (χ1) is 10.9. The Balaban J connectivity index is 0.00000288. The number of guanidine groups is 1. The molecule has 2 heterocycles. The Morgan fingerprint density at radius 3 is 2.79 bits per heavy atom. The molecule has 0 amide bonds. The Bertz CT molecular complexity index is 527. The number of hydrogen-bond donors (Lipinski definition) is 1. The molecule has 0 spiro atoms. The third-order valence-electron chi connectivity index (χ3n) is 3.89. The van der Waals surface area contributed by atoms with Crippen molar-refractivity contribution < 1.29 is 4.42 Å². The second kappa shape index (κ2) is 9.89. The summed E-state index contributed by atoms with van der Waals surface area (Å²) in [6.07, 6.45) is 3.03. The molecule has 0 aliphatic carbocycles. The molecule has 1 fully saturated rings. The summed E-state index contributed by atoms with van der Waals surface area (Å²) in [4.78, 5) is 11.5. The smallest absolute Gasteiger partial charge is 0.216 e. The highest BCUT2D eigenvalue weighted by atomic mass is 127. The van der Waals surface area contributed by atoms with Crippen molar-refractivity contribution in [3.8, 4) is 0 Å². The SMILES string of the molecule is CCNC(=NCc1ncc(C(C)(C)C)o1)N1CCSC(CC)C1.I. The van der Waals surface area contributed by atoms with Crippen molar-refractivity contribution >= 4 is 41.7 Å². The third-order valence-corrected chi connectivity index (χ3v) is 5.26. The van der Waals surface area contributed by atoms with Gasteiger partial charge in [0.1, 0.15) is 12.3 Å². The highest BCUT2D eigenvalue weighted by molar-refractivity contribution is 14.0. The van der Waals surface area contributed by atoms with E-state index >= 15 is 0 Å². The molecule has 1 unspecified atom stereocenters. The van der Waals surface area contributed by atoms with E-state index in [-0.39, 0.29) is 29.4 Å². The van der Waals surface area contributed by atoms with Crippen LogP contribution in [0.3, 0.4) is 0 Å². The van der Waals surface area contributed by atoms with E-state index in [0.717, 1.165) is 37.1 Å². The molecule has 0 saturated carbocycles. The van der Waals surface area contributed by atoms with Gasteiger partial charge in [-0.25, -0.2) is 9.98 Å². The summed E-state index contributed by atoms with van der Waals surface area (Å²) in [7, 11) is 0. The maximum atomic E-state index is 5.84. The monoisotopic (exact) mass is 466 g/mol. The van der Waals surface area contributed by atoms with Gasteiger partial charge in [0.2, 0.25) is 5.89 Å². The van der Waals surface area contributed by atoms with Gasteiger partial charge in [0.25, 0.3) is 0 Å².